The van der Waals surface area contributed by atoms with Crippen LogP contribution in [-0.4, -0.2) is 21.8 Å². The third-order valence-electron chi connectivity index (χ3n) is 3.95. The summed E-state index contributed by atoms with van der Waals surface area (Å²) in [6, 6.07) is 7.71. The van der Waals surface area contributed by atoms with E-state index in [0.29, 0.717) is 23.2 Å². The number of nitrogens with one attached hydrogen (secondary N) is 1. The van der Waals surface area contributed by atoms with Crippen LogP contribution < -0.4 is 11.1 Å². The molecule has 0 bridgehead atoms. The molecule has 6 nitrogen and oxygen atoms in total. The topological polar surface area (TPSA) is 94.0 Å². The standard InChI is InChI=1S/C16H20N4O2S/c1-11-3-5-12(6-4-11)18-13(21)9-23-10-14-19-15(20-22-14)16(17)7-2-8-16/h3-6H,2,7-10,17H2,1H3,(H,18,21). The molecule has 3 N–H and O–H groups in total. The van der Waals surface area contributed by atoms with Gasteiger partial charge in [0.15, 0.2) is 5.82 Å². The number of hydrogen-bond acceptors (Lipinski definition) is 6. The molecule has 0 unspecified atom stereocenters. The van der Waals surface area contributed by atoms with Crippen molar-refractivity contribution in [1.29, 1.82) is 0 Å². The first-order valence-corrected chi connectivity index (χ1v) is 8.77. The van der Waals surface area contributed by atoms with Gasteiger partial charge in [0.2, 0.25) is 11.8 Å². The molecule has 7 heteroatoms. The number of aryl methyl sites for hydroxylation is 1. The molecule has 1 aliphatic rings. The zero-order chi connectivity index (χ0) is 16.3. The number of carbonyl (C=O) groups excluding carboxylic acids is 1. The van der Waals surface area contributed by atoms with E-state index >= 15 is 0 Å². The lowest BCUT2D eigenvalue weighted by molar-refractivity contribution is -0.113. The predicted molar refractivity (Wildman–Crippen MR) is 90.0 cm³/mol. The second-order valence-corrected chi connectivity index (χ2v) is 6.91. The molecule has 23 heavy (non-hydrogen) atoms. The number of rotatable bonds is 6. The number of nitrogens with zero attached hydrogens (tertiary/aromatic N) is 2. The van der Waals surface area contributed by atoms with E-state index in [0.717, 1.165) is 30.5 Å². The van der Waals surface area contributed by atoms with Crippen LogP contribution in [0, 0.1) is 6.92 Å². The molecule has 1 saturated carbocycles. The summed E-state index contributed by atoms with van der Waals surface area (Å²) in [6.07, 6.45) is 2.91. The maximum absolute atomic E-state index is 11.9. The van der Waals surface area contributed by atoms with E-state index in [2.05, 4.69) is 15.5 Å². The van der Waals surface area contributed by atoms with Gasteiger partial charge in [0.1, 0.15) is 0 Å². The highest BCUT2D eigenvalue weighted by molar-refractivity contribution is 7.99. The Kier molecular flexibility index (Phi) is 4.68. The number of aromatic nitrogens is 2. The summed E-state index contributed by atoms with van der Waals surface area (Å²) < 4.78 is 5.21. The van der Waals surface area contributed by atoms with Crippen molar-refractivity contribution in [1.82, 2.24) is 10.1 Å². The van der Waals surface area contributed by atoms with Gasteiger partial charge in [0, 0.05) is 5.69 Å². The van der Waals surface area contributed by atoms with E-state index < -0.39 is 5.54 Å². The Bertz CT molecular complexity index is 680. The second-order valence-electron chi connectivity index (χ2n) is 5.93. The Morgan fingerprint density at radius 3 is 2.78 bits per heavy atom. The minimum absolute atomic E-state index is 0.0483. The van der Waals surface area contributed by atoms with E-state index in [1.807, 2.05) is 31.2 Å². The minimum atomic E-state index is -0.408. The molecule has 1 aromatic carbocycles. The van der Waals surface area contributed by atoms with Crippen LogP contribution in [0.3, 0.4) is 0 Å². The number of hydrogen-bond donors (Lipinski definition) is 2. The van der Waals surface area contributed by atoms with Crippen LogP contribution in [0.4, 0.5) is 5.69 Å². The fourth-order valence-electron chi connectivity index (χ4n) is 2.36. The summed E-state index contributed by atoms with van der Waals surface area (Å²) >= 11 is 1.44. The first-order valence-electron chi connectivity index (χ1n) is 7.61. The SMILES string of the molecule is Cc1ccc(NC(=O)CSCc2nc(C3(N)CCC3)no2)cc1. The number of carbonyl (C=O) groups is 1. The normalized spacial score (nSPS) is 15.9. The van der Waals surface area contributed by atoms with Crippen molar-refractivity contribution in [3.05, 3.63) is 41.5 Å². The van der Waals surface area contributed by atoms with Gasteiger partial charge < -0.3 is 15.6 Å². The Morgan fingerprint density at radius 1 is 1.39 bits per heavy atom. The highest BCUT2D eigenvalue weighted by atomic mass is 32.2. The first kappa shape index (κ1) is 16.0. The Hall–Kier alpha value is -1.86. The molecule has 1 fully saturated rings. The van der Waals surface area contributed by atoms with Crippen molar-refractivity contribution >= 4 is 23.4 Å². The third kappa shape index (κ3) is 3.92. The quantitative estimate of drug-likeness (QED) is 0.844. The molecule has 0 atom stereocenters. The van der Waals surface area contributed by atoms with Crippen molar-refractivity contribution < 1.29 is 9.32 Å². The Labute approximate surface area is 139 Å². The number of thioether (sulfide) groups is 1. The molecule has 0 saturated heterocycles. The van der Waals surface area contributed by atoms with Gasteiger partial charge in [-0.1, -0.05) is 22.9 Å². The Morgan fingerprint density at radius 2 is 2.13 bits per heavy atom. The molecular formula is C16H20N4O2S. The summed E-state index contributed by atoms with van der Waals surface area (Å²) in [5.41, 5.74) is 7.71. The second kappa shape index (κ2) is 6.72. The molecule has 122 valence electrons. The first-order chi connectivity index (χ1) is 11.0. The van der Waals surface area contributed by atoms with Crippen LogP contribution in [-0.2, 0) is 16.1 Å². The van der Waals surface area contributed by atoms with Gasteiger partial charge >= 0.3 is 0 Å². The molecule has 0 aliphatic heterocycles. The van der Waals surface area contributed by atoms with Gasteiger partial charge in [-0.2, -0.15) is 4.98 Å². The van der Waals surface area contributed by atoms with E-state index in [9.17, 15) is 4.79 Å². The summed E-state index contributed by atoms with van der Waals surface area (Å²) in [5.74, 6) is 1.89. The molecule has 1 amide bonds. The van der Waals surface area contributed by atoms with Gasteiger partial charge in [-0.15, -0.1) is 11.8 Å². The average Bonchev–Trinajstić information content (AvgIpc) is 2.96. The largest absolute Gasteiger partial charge is 0.338 e. The molecule has 0 spiro atoms. The van der Waals surface area contributed by atoms with Crippen molar-refractivity contribution in [3.8, 4) is 0 Å². The number of amides is 1. The number of anilines is 1. The van der Waals surface area contributed by atoms with E-state index in [4.69, 9.17) is 10.3 Å². The van der Waals surface area contributed by atoms with Crippen LogP contribution in [0.2, 0.25) is 0 Å². The maximum atomic E-state index is 11.9. The fourth-order valence-corrected chi connectivity index (χ4v) is 3.01. The summed E-state index contributed by atoms with van der Waals surface area (Å²) in [7, 11) is 0. The van der Waals surface area contributed by atoms with Crippen LogP contribution in [0.15, 0.2) is 28.8 Å². The van der Waals surface area contributed by atoms with Crippen LogP contribution >= 0.6 is 11.8 Å². The average molecular weight is 332 g/mol. The number of nitrogens with two attached hydrogens (primary N) is 1. The van der Waals surface area contributed by atoms with Gasteiger partial charge in [-0.3, -0.25) is 4.79 Å². The van der Waals surface area contributed by atoms with E-state index in [1.54, 1.807) is 0 Å². The highest BCUT2D eigenvalue weighted by Crippen LogP contribution is 2.37. The van der Waals surface area contributed by atoms with Crippen molar-refractivity contribution in [2.75, 3.05) is 11.1 Å². The van der Waals surface area contributed by atoms with Crippen molar-refractivity contribution in [2.45, 2.75) is 37.5 Å². The molecule has 3 rings (SSSR count). The maximum Gasteiger partial charge on any atom is 0.236 e. The van der Waals surface area contributed by atoms with E-state index in [-0.39, 0.29) is 5.91 Å². The summed E-state index contributed by atoms with van der Waals surface area (Å²) in [5, 5.41) is 6.82. The zero-order valence-corrected chi connectivity index (χ0v) is 13.9. The van der Waals surface area contributed by atoms with Crippen LogP contribution in [0.25, 0.3) is 0 Å². The molecular weight excluding hydrogens is 312 g/mol. The summed E-state index contributed by atoms with van der Waals surface area (Å²) in [4.78, 5) is 16.2. The van der Waals surface area contributed by atoms with Crippen LogP contribution in [0.1, 0.15) is 36.5 Å². The number of benzene rings is 1. The lowest BCUT2D eigenvalue weighted by Gasteiger charge is -2.34. The Balaban J connectivity index is 1.44. The lowest BCUT2D eigenvalue weighted by Crippen LogP contribution is -2.44. The van der Waals surface area contributed by atoms with Gasteiger partial charge in [-0.05, 0) is 38.3 Å². The third-order valence-corrected chi connectivity index (χ3v) is 4.87. The molecule has 1 heterocycles. The van der Waals surface area contributed by atoms with E-state index in [1.165, 1.54) is 11.8 Å². The van der Waals surface area contributed by atoms with Crippen LogP contribution in [0.5, 0.6) is 0 Å². The lowest BCUT2D eigenvalue weighted by atomic mass is 9.77. The minimum Gasteiger partial charge on any atom is -0.338 e. The van der Waals surface area contributed by atoms with Crippen molar-refractivity contribution in [2.24, 2.45) is 5.73 Å². The molecule has 0 radical (unpaired) electrons. The smallest absolute Gasteiger partial charge is 0.236 e. The molecule has 1 aromatic heterocycles. The highest BCUT2D eigenvalue weighted by Gasteiger charge is 2.38. The van der Waals surface area contributed by atoms with Gasteiger partial charge in [0.05, 0.1) is 17.0 Å². The summed E-state index contributed by atoms with van der Waals surface area (Å²) in [6.45, 7) is 2.01. The predicted octanol–water partition coefficient (Wildman–Crippen LogP) is 2.59. The zero-order valence-electron chi connectivity index (χ0n) is 13.0. The molecule has 1 aliphatic carbocycles. The fraction of sp³-hybridized carbons (Fsp3) is 0.438. The van der Waals surface area contributed by atoms with Gasteiger partial charge in [-0.25, -0.2) is 0 Å². The molecule has 2 aromatic rings. The van der Waals surface area contributed by atoms with Crippen molar-refractivity contribution in [3.63, 3.8) is 0 Å². The van der Waals surface area contributed by atoms with Gasteiger partial charge in [0.25, 0.3) is 0 Å². The monoisotopic (exact) mass is 332 g/mol.